The molecule has 27 heavy (non-hydrogen) atoms. The Morgan fingerprint density at radius 1 is 1.26 bits per heavy atom. The van der Waals surface area contributed by atoms with E-state index in [1.165, 1.54) is 30.0 Å². The molecule has 2 heterocycles. The van der Waals surface area contributed by atoms with E-state index in [4.69, 9.17) is 4.74 Å². The van der Waals surface area contributed by atoms with E-state index in [-0.39, 0.29) is 22.9 Å². The highest BCUT2D eigenvalue weighted by Crippen LogP contribution is 2.41. The molecule has 1 unspecified atom stereocenters. The Kier molecular flexibility index (Phi) is 4.24. The van der Waals surface area contributed by atoms with Gasteiger partial charge in [0.05, 0.1) is 10.5 Å². The molecule has 1 aromatic heterocycles. The molecule has 0 fully saturated rings. The van der Waals surface area contributed by atoms with Gasteiger partial charge in [-0.3, -0.25) is 10.1 Å². The lowest BCUT2D eigenvalue weighted by atomic mass is 10.1. The number of thioether (sulfide) groups is 1. The first-order valence-corrected chi connectivity index (χ1v) is 9.08. The highest BCUT2D eigenvalue weighted by Gasteiger charge is 2.30. The minimum atomic E-state index is -0.952. The van der Waals surface area contributed by atoms with E-state index in [0.29, 0.717) is 22.1 Å². The summed E-state index contributed by atoms with van der Waals surface area (Å²) in [7, 11) is 0. The number of nitro groups is 1. The molecule has 1 atom stereocenters. The van der Waals surface area contributed by atoms with Gasteiger partial charge in [-0.05, 0) is 24.5 Å². The maximum atomic E-state index is 11.5. The molecule has 0 bridgehead atoms. The molecule has 0 radical (unpaired) electrons. The van der Waals surface area contributed by atoms with E-state index in [1.807, 2.05) is 24.5 Å². The standard InChI is InChI=1S/C17H13N5O4S/c1-27-17-19-16-14(20-21-17)10-4-2-3-5-12(10)18-15(26-16)11-8-9(23)6-7-13(11)22(24)25/h2-8,15,18,23H,1H3. The van der Waals surface area contributed by atoms with Crippen molar-refractivity contribution < 1.29 is 14.8 Å². The van der Waals surface area contributed by atoms with Crippen molar-refractivity contribution in [2.24, 2.45) is 0 Å². The second-order valence-electron chi connectivity index (χ2n) is 5.64. The summed E-state index contributed by atoms with van der Waals surface area (Å²) in [5, 5.41) is 33.1. The number of hydrogen-bond acceptors (Lipinski definition) is 9. The van der Waals surface area contributed by atoms with Gasteiger partial charge in [-0.15, -0.1) is 10.2 Å². The minimum absolute atomic E-state index is 0.107. The maximum Gasteiger partial charge on any atom is 0.278 e. The minimum Gasteiger partial charge on any atom is -0.508 e. The Morgan fingerprint density at radius 2 is 2.07 bits per heavy atom. The molecule has 0 saturated heterocycles. The van der Waals surface area contributed by atoms with Crippen LogP contribution in [0.1, 0.15) is 11.8 Å². The third-order valence-electron chi connectivity index (χ3n) is 4.01. The Morgan fingerprint density at radius 3 is 2.85 bits per heavy atom. The molecule has 10 heteroatoms. The highest BCUT2D eigenvalue weighted by molar-refractivity contribution is 7.98. The van der Waals surface area contributed by atoms with Crippen molar-refractivity contribution in [3.8, 4) is 22.9 Å². The number of aromatic nitrogens is 3. The average molecular weight is 383 g/mol. The summed E-state index contributed by atoms with van der Waals surface area (Å²) < 4.78 is 5.96. The second-order valence-corrected chi connectivity index (χ2v) is 6.41. The van der Waals surface area contributed by atoms with Crippen molar-refractivity contribution in [2.75, 3.05) is 11.6 Å². The highest BCUT2D eigenvalue weighted by atomic mass is 32.2. The molecule has 2 aromatic carbocycles. The summed E-state index contributed by atoms with van der Waals surface area (Å²) in [4.78, 5) is 15.3. The largest absolute Gasteiger partial charge is 0.508 e. The van der Waals surface area contributed by atoms with E-state index >= 15 is 0 Å². The molecule has 3 aromatic rings. The number of hydrogen-bond donors (Lipinski definition) is 2. The third-order valence-corrected chi connectivity index (χ3v) is 4.54. The number of nitrogens with zero attached hydrogens (tertiary/aromatic N) is 4. The van der Waals surface area contributed by atoms with Gasteiger partial charge < -0.3 is 15.2 Å². The Balaban J connectivity index is 1.91. The predicted molar refractivity (Wildman–Crippen MR) is 98.8 cm³/mol. The van der Waals surface area contributed by atoms with E-state index in [2.05, 4.69) is 20.5 Å². The first-order valence-electron chi connectivity index (χ1n) is 7.85. The van der Waals surface area contributed by atoms with Gasteiger partial charge in [-0.2, -0.15) is 4.98 Å². The van der Waals surface area contributed by atoms with Crippen LogP contribution in [0.2, 0.25) is 0 Å². The monoisotopic (exact) mass is 383 g/mol. The predicted octanol–water partition coefficient (Wildman–Crippen LogP) is 3.38. The van der Waals surface area contributed by atoms with Crippen molar-refractivity contribution >= 4 is 23.1 Å². The van der Waals surface area contributed by atoms with Crippen LogP contribution in [0.3, 0.4) is 0 Å². The fraction of sp³-hybridized carbons (Fsp3) is 0.118. The number of aromatic hydroxyl groups is 1. The number of nitro benzene ring substituents is 1. The van der Waals surface area contributed by atoms with Crippen LogP contribution >= 0.6 is 11.8 Å². The molecule has 1 aliphatic heterocycles. The van der Waals surface area contributed by atoms with Gasteiger partial charge in [0.25, 0.3) is 5.69 Å². The van der Waals surface area contributed by atoms with Crippen molar-refractivity contribution in [3.05, 3.63) is 58.1 Å². The summed E-state index contributed by atoms with van der Waals surface area (Å²) in [5.74, 6) is 0.0961. The first kappa shape index (κ1) is 17.0. The van der Waals surface area contributed by atoms with Crippen LogP contribution in [0.25, 0.3) is 11.3 Å². The summed E-state index contributed by atoms with van der Waals surface area (Å²) in [6.07, 6.45) is 0.857. The van der Waals surface area contributed by atoms with E-state index < -0.39 is 11.2 Å². The number of benzene rings is 2. The van der Waals surface area contributed by atoms with Crippen LogP contribution in [-0.2, 0) is 0 Å². The number of nitrogens with one attached hydrogen (secondary N) is 1. The van der Waals surface area contributed by atoms with Gasteiger partial charge in [0, 0.05) is 17.3 Å². The van der Waals surface area contributed by atoms with Crippen LogP contribution in [0.4, 0.5) is 11.4 Å². The van der Waals surface area contributed by atoms with Gasteiger partial charge in [-0.1, -0.05) is 30.0 Å². The summed E-state index contributed by atoms with van der Waals surface area (Å²) in [6, 6.07) is 11.1. The zero-order valence-corrected chi connectivity index (χ0v) is 14.8. The molecule has 4 rings (SSSR count). The van der Waals surface area contributed by atoms with Crippen LogP contribution in [0, 0.1) is 10.1 Å². The van der Waals surface area contributed by atoms with Crippen LogP contribution in [0.15, 0.2) is 47.6 Å². The first-order chi connectivity index (χ1) is 13.1. The lowest BCUT2D eigenvalue weighted by Crippen LogP contribution is -2.18. The lowest BCUT2D eigenvalue weighted by Gasteiger charge is -2.19. The molecule has 2 N–H and O–H groups in total. The zero-order chi connectivity index (χ0) is 19.0. The molecule has 0 amide bonds. The third kappa shape index (κ3) is 3.10. The fourth-order valence-corrected chi connectivity index (χ4v) is 3.09. The molecule has 0 saturated carbocycles. The summed E-state index contributed by atoms with van der Waals surface area (Å²) in [6.45, 7) is 0. The smallest absolute Gasteiger partial charge is 0.278 e. The van der Waals surface area contributed by atoms with E-state index in [0.717, 1.165) is 0 Å². The normalized spacial score (nSPS) is 14.9. The molecular formula is C17H13N5O4S. The Labute approximate surface area is 157 Å². The number of ether oxygens (including phenoxy) is 1. The molecule has 1 aliphatic rings. The molecular weight excluding hydrogens is 370 g/mol. The van der Waals surface area contributed by atoms with Crippen molar-refractivity contribution in [1.82, 2.24) is 15.2 Å². The fourth-order valence-electron chi connectivity index (χ4n) is 2.79. The van der Waals surface area contributed by atoms with Gasteiger partial charge in [0.1, 0.15) is 5.75 Å². The number of anilines is 1. The molecule has 136 valence electrons. The van der Waals surface area contributed by atoms with Crippen LogP contribution in [0.5, 0.6) is 11.6 Å². The average Bonchev–Trinajstić information content (AvgIpc) is 2.83. The topological polar surface area (TPSA) is 123 Å². The van der Waals surface area contributed by atoms with Crippen molar-refractivity contribution in [1.29, 1.82) is 0 Å². The SMILES string of the molecule is CSc1nnc2c(n1)OC(c1cc(O)ccc1[N+](=O)[O-])Nc1ccccc1-2. The summed E-state index contributed by atoms with van der Waals surface area (Å²) in [5.41, 5.74) is 1.80. The Bertz CT molecular complexity index is 1050. The molecule has 0 spiro atoms. The maximum absolute atomic E-state index is 11.5. The number of rotatable bonds is 3. The van der Waals surface area contributed by atoms with Crippen LogP contribution in [-0.4, -0.2) is 31.5 Å². The number of fused-ring (bicyclic) bond motifs is 3. The lowest BCUT2D eigenvalue weighted by molar-refractivity contribution is -0.386. The quantitative estimate of drug-likeness (QED) is 0.398. The van der Waals surface area contributed by atoms with Crippen molar-refractivity contribution in [3.63, 3.8) is 0 Å². The van der Waals surface area contributed by atoms with Gasteiger partial charge >= 0.3 is 0 Å². The zero-order valence-electron chi connectivity index (χ0n) is 14.0. The van der Waals surface area contributed by atoms with Crippen molar-refractivity contribution in [2.45, 2.75) is 11.4 Å². The van der Waals surface area contributed by atoms with Gasteiger partial charge in [0.2, 0.25) is 17.3 Å². The van der Waals surface area contributed by atoms with Gasteiger partial charge in [-0.25, -0.2) is 0 Å². The van der Waals surface area contributed by atoms with E-state index in [9.17, 15) is 15.2 Å². The second kappa shape index (κ2) is 6.72. The number of para-hydroxylation sites is 1. The van der Waals surface area contributed by atoms with Crippen LogP contribution < -0.4 is 10.1 Å². The molecule has 0 aliphatic carbocycles. The summed E-state index contributed by atoms with van der Waals surface area (Å²) >= 11 is 1.30. The van der Waals surface area contributed by atoms with Gasteiger partial charge in [0.15, 0.2) is 5.69 Å². The number of phenols is 1. The number of phenolic OH excluding ortho intramolecular Hbond substituents is 1. The van der Waals surface area contributed by atoms with E-state index in [1.54, 1.807) is 6.07 Å². The molecule has 9 nitrogen and oxygen atoms in total. The Hall–Kier alpha value is -3.40.